The van der Waals surface area contributed by atoms with Crippen molar-refractivity contribution in [3.05, 3.63) is 33.8 Å². The van der Waals surface area contributed by atoms with E-state index in [1.54, 1.807) is 0 Å². The van der Waals surface area contributed by atoms with Gasteiger partial charge in [-0.3, -0.25) is 0 Å². The minimum absolute atomic E-state index is 0.224. The lowest BCUT2D eigenvalue weighted by atomic mass is 10.1. The van der Waals surface area contributed by atoms with E-state index in [0.29, 0.717) is 17.3 Å². The first-order valence-corrected chi connectivity index (χ1v) is 5.26. The lowest BCUT2D eigenvalue weighted by Crippen LogP contribution is -1.95. The Balaban J connectivity index is 3.14. The van der Waals surface area contributed by atoms with Gasteiger partial charge < -0.3 is 0 Å². The lowest BCUT2D eigenvalue weighted by Gasteiger charge is -2.04. The average Bonchev–Trinajstić information content (AvgIpc) is 2.06. The molecule has 4 heteroatoms. The van der Waals surface area contributed by atoms with E-state index < -0.39 is 5.82 Å². The number of hydrogen-bond acceptors (Lipinski definition) is 0. The van der Waals surface area contributed by atoms with Crippen LogP contribution in [0.4, 0.5) is 8.78 Å². The maximum Gasteiger partial charge on any atom is 0.137 e. The molecule has 0 aliphatic rings. The molecule has 0 spiro atoms. The van der Waals surface area contributed by atoms with Gasteiger partial charge in [-0.2, -0.15) is 0 Å². The number of rotatable bonds is 2. The van der Waals surface area contributed by atoms with E-state index in [1.807, 2.05) is 0 Å². The highest BCUT2D eigenvalue weighted by Crippen LogP contribution is 2.24. The molecule has 0 bridgehead atoms. The average molecular weight is 300 g/mol. The highest BCUT2D eigenvalue weighted by Gasteiger charge is 2.09. The van der Waals surface area contributed by atoms with E-state index in [0.717, 1.165) is 12.1 Å². The van der Waals surface area contributed by atoms with Gasteiger partial charge in [-0.25, -0.2) is 8.78 Å². The second-order valence-corrected chi connectivity index (χ2v) is 3.85. The first-order chi connectivity index (χ1) is 5.66. The third-order valence-electron chi connectivity index (χ3n) is 1.48. The van der Waals surface area contributed by atoms with Gasteiger partial charge in [0.15, 0.2) is 0 Å². The molecule has 0 heterocycles. The summed E-state index contributed by atoms with van der Waals surface area (Å²) in [5.74, 6) is -0.796. The molecule has 0 unspecified atom stereocenters. The van der Waals surface area contributed by atoms with Gasteiger partial charge >= 0.3 is 0 Å². The minimum atomic E-state index is -0.424. The predicted molar refractivity (Wildman–Crippen MR) is 51.6 cm³/mol. The summed E-state index contributed by atoms with van der Waals surface area (Å²) < 4.78 is 26.1. The maximum absolute atomic E-state index is 13.0. The Labute approximate surface area is 86.2 Å². The SMILES string of the molecule is Fc1ccc(F)c(CCBr)c1Br. The zero-order valence-electron chi connectivity index (χ0n) is 6.08. The summed E-state index contributed by atoms with van der Waals surface area (Å²) >= 11 is 6.17. The minimum Gasteiger partial charge on any atom is -0.207 e. The number of halogens is 4. The van der Waals surface area contributed by atoms with Gasteiger partial charge in [0.1, 0.15) is 11.6 Å². The molecule has 0 amide bonds. The highest BCUT2D eigenvalue weighted by molar-refractivity contribution is 9.10. The third kappa shape index (κ3) is 2.04. The van der Waals surface area contributed by atoms with Crippen molar-refractivity contribution < 1.29 is 8.78 Å². The zero-order chi connectivity index (χ0) is 9.14. The van der Waals surface area contributed by atoms with Gasteiger partial charge in [-0.1, -0.05) is 15.9 Å². The van der Waals surface area contributed by atoms with Gasteiger partial charge in [0.05, 0.1) is 4.47 Å². The van der Waals surface area contributed by atoms with Crippen molar-refractivity contribution in [2.45, 2.75) is 6.42 Å². The fourth-order valence-corrected chi connectivity index (χ4v) is 1.81. The van der Waals surface area contributed by atoms with Crippen molar-refractivity contribution in [1.29, 1.82) is 0 Å². The standard InChI is InChI=1S/C8H6Br2F2/c9-4-3-5-6(11)1-2-7(12)8(5)10/h1-2H,3-4H2. The van der Waals surface area contributed by atoms with Crippen molar-refractivity contribution in [3.8, 4) is 0 Å². The van der Waals surface area contributed by atoms with Crippen molar-refractivity contribution in [2.24, 2.45) is 0 Å². The normalized spacial score (nSPS) is 10.3. The van der Waals surface area contributed by atoms with E-state index in [9.17, 15) is 8.78 Å². The van der Waals surface area contributed by atoms with E-state index in [-0.39, 0.29) is 10.3 Å². The monoisotopic (exact) mass is 298 g/mol. The van der Waals surface area contributed by atoms with E-state index in [4.69, 9.17) is 0 Å². The summed E-state index contributed by atoms with van der Waals surface area (Å²) in [7, 11) is 0. The molecule has 0 aliphatic heterocycles. The summed E-state index contributed by atoms with van der Waals surface area (Å²) in [6, 6.07) is 2.25. The Morgan fingerprint density at radius 3 is 2.33 bits per heavy atom. The van der Waals surface area contributed by atoms with Crippen molar-refractivity contribution in [2.75, 3.05) is 5.33 Å². The van der Waals surface area contributed by atoms with Gasteiger partial charge in [0, 0.05) is 10.9 Å². The summed E-state index contributed by atoms with van der Waals surface area (Å²) in [5, 5.41) is 0.617. The third-order valence-corrected chi connectivity index (χ3v) is 2.74. The van der Waals surface area contributed by atoms with Crippen molar-refractivity contribution >= 4 is 31.9 Å². The van der Waals surface area contributed by atoms with Crippen LogP contribution < -0.4 is 0 Å². The Bertz CT molecular complexity index is 287. The molecule has 0 N–H and O–H groups in total. The van der Waals surface area contributed by atoms with E-state index >= 15 is 0 Å². The van der Waals surface area contributed by atoms with Crippen LogP contribution >= 0.6 is 31.9 Å². The fourth-order valence-electron chi connectivity index (χ4n) is 0.893. The zero-order valence-corrected chi connectivity index (χ0v) is 9.25. The molecular formula is C8H6Br2F2. The highest BCUT2D eigenvalue weighted by atomic mass is 79.9. The van der Waals surface area contributed by atoms with Crippen LogP contribution in [0.2, 0.25) is 0 Å². The summed E-state index contributed by atoms with van der Waals surface area (Å²) in [4.78, 5) is 0. The quantitative estimate of drug-likeness (QED) is 0.577. The van der Waals surface area contributed by atoms with Gasteiger partial charge in [-0.15, -0.1) is 0 Å². The molecule has 1 aromatic rings. The predicted octanol–water partition coefficient (Wildman–Crippen LogP) is 3.66. The number of alkyl halides is 1. The van der Waals surface area contributed by atoms with Crippen LogP contribution in [0.25, 0.3) is 0 Å². The van der Waals surface area contributed by atoms with Crippen LogP contribution in [0.5, 0.6) is 0 Å². The molecule has 0 fully saturated rings. The van der Waals surface area contributed by atoms with Crippen LogP contribution in [0.1, 0.15) is 5.56 Å². The van der Waals surface area contributed by atoms with E-state index in [2.05, 4.69) is 31.9 Å². The van der Waals surface area contributed by atoms with Crippen LogP contribution in [-0.4, -0.2) is 5.33 Å². The van der Waals surface area contributed by atoms with Crippen molar-refractivity contribution in [1.82, 2.24) is 0 Å². The lowest BCUT2D eigenvalue weighted by molar-refractivity contribution is 0.581. The molecule has 0 atom stereocenters. The second-order valence-electron chi connectivity index (χ2n) is 2.26. The maximum atomic E-state index is 13.0. The summed E-state index contributed by atoms with van der Waals surface area (Å²) in [6.07, 6.45) is 0.476. The Morgan fingerprint density at radius 1 is 1.17 bits per heavy atom. The molecular weight excluding hydrogens is 294 g/mol. The fraction of sp³-hybridized carbons (Fsp3) is 0.250. The Kier molecular flexibility index (Phi) is 3.65. The van der Waals surface area contributed by atoms with Gasteiger partial charge in [0.2, 0.25) is 0 Å². The first-order valence-electron chi connectivity index (χ1n) is 3.35. The molecule has 0 aliphatic carbocycles. The smallest absolute Gasteiger partial charge is 0.137 e. The molecule has 12 heavy (non-hydrogen) atoms. The van der Waals surface area contributed by atoms with Crippen LogP contribution in [0.3, 0.4) is 0 Å². The first kappa shape index (κ1) is 10.1. The second kappa shape index (κ2) is 4.33. The van der Waals surface area contributed by atoms with Gasteiger partial charge in [0.25, 0.3) is 0 Å². The van der Waals surface area contributed by atoms with Gasteiger partial charge in [-0.05, 0) is 34.5 Å². The molecule has 1 aromatic carbocycles. The summed E-state index contributed by atoms with van der Waals surface area (Å²) in [6.45, 7) is 0. The molecule has 0 radical (unpaired) electrons. The summed E-state index contributed by atoms with van der Waals surface area (Å²) in [5.41, 5.74) is 0.381. The molecule has 0 saturated carbocycles. The number of benzene rings is 1. The molecule has 0 aromatic heterocycles. The molecule has 1 rings (SSSR count). The topological polar surface area (TPSA) is 0 Å². The van der Waals surface area contributed by atoms with Crippen molar-refractivity contribution in [3.63, 3.8) is 0 Å². The largest absolute Gasteiger partial charge is 0.207 e. The Hall–Kier alpha value is 0.0400. The molecule has 66 valence electrons. The number of hydrogen-bond donors (Lipinski definition) is 0. The molecule has 0 nitrogen and oxygen atoms in total. The van der Waals surface area contributed by atoms with Crippen LogP contribution in [-0.2, 0) is 6.42 Å². The van der Waals surface area contributed by atoms with E-state index in [1.165, 1.54) is 0 Å². The van der Waals surface area contributed by atoms with Crippen LogP contribution in [0.15, 0.2) is 16.6 Å². The van der Waals surface area contributed by atoms with Crippen LogP contribution in [0, 0.1) is 11.6 Å². The Morgan fingerprint density at radius 2 is 1.75 bits per heavy atom. The molecule has 0 saturated heterocycles.